The number of carbonyl (C=O) groups is 1. The van der Waals surface area contributed by atoms with Gasteiger partial charge in [-0.1, -0.05) is 0 Å². The van der Waals surface area contributed by atoms with Crippen LogP contribution in [0.3, 0.4) is 0 Å². The van der Waals surface area contributed by atoms with Gasteiger partial charge in [0.15, 0.2) is 6.17 Å². The lowest BCUT2D eigenvalue weighted by molar-refractivity contribution is -0.123. The molecule has 2 atom stereocenters. The zero-order chi connectivity index (χ0) is 6.73. The largest absolute Gasteiger partial charge is 0.367 e. The lowest BCUT2D eigenvalue weighted by Gasteiger charge is -2.05. The summed E-state index contributed by atoms with van der Waals surface area (Å²) in [6, 6.07) is -0.799. The Morgan fingerprint density at radius 2 is 2.12 bits per heavy atom. The summed E-state index contributed by atoms with van der Waals surface area (Å²) in [5, 5.41) is 0. The molecular weight excluding hydrogens is 111 g/mol. The van der Waals surface area contributed by atoms with Gasteiger partial charge in [-0.05, 0) is 6.92 Å². The molecule has 8 heavy (non-hydrogen) atoms. The van der Waals surface area contributed by atoms with Crippen molar-refractivity contribution in [2.75, 3.05) is 0 Å². The SMILES string of the molecule is C[C@H](N)[C@@H](F)C(N)=O. The van der Waals surface area contributed by atoms with Gasteiger partial charge in [-0.25, -0.2) is 4.39 Å². The van der Waals surface area contributed by atoms with Crippen LogP contribution in [0.4, 0.5) is 4.39 Å². The number of hydrogen-bond donors (Lipinski definition) is 2. The number of halogens is 1. The average Bonchev–Trinajstić information content (AvgIpc) is 1.64. The van der Waals surface area contributed by atoms with Crippen LogP contribution in [0.5, 0.6) is 0 Å². The van der Waals surface area contributed by atoms with Gasteiger partial charge < -0.3 is 11.5 Å². The van der Waals surface area contributed by atoms with Crippen molar-refractivity contribution >= 4 is 5.91 Å². The molecule has 0 aliphatic rings. The number of carbonyl (C=O) groups excluding carboxylic acids is 1. The average molecular weight is 120 g/mol. The van der Waals surface area contributed by atoms with Crippen molar-refractivity contribution in [2.24, 2.45) is 11.5 Å². The topological polar surface area (TPSA) is 69.1 Å². The predicted octanol–water partition coefficient (Wildman–Crippen LogP) is -0.843. The van der Waals surface area contributed by atoms with Gasteiger partial charge in [0.2, 0.25) is 0 Å². The Balaban J connectivity index is 3.64. The van der Waals surface area contributed by atoms with Crippen LogP contribution in [0.1, 0.15) is 6.92 Å². The van der Waals surface area contributed by atoms with Crippen LogP contribution >= 0.6 is 0 Å². The highest BCUT2D eigenvalue weighted by Crippen LogP contribution is 1.92. The van der Waals surface area contributed by atoms with Gasteiger partial charge in [0, 0.05) is 6.04 Å². The van der Waals surface area contributed by atoms with Gasteiger partial charge in [0.05, 0.1) is 0 Å². The van der Waals surface area contributed by atoms with E-state index in [9.17, 15) is 9.18 Å². The minimum Gasteiger partial charge on any atom is -0.367 e. The van der Waals surface area contributed by atoms with Crippen LogP contribution in [0.2, 0.25) is 0 Å². The number of amides is 1. The first-order valence-electron chi connectivity index (χ1n) is 2.24. The molecule has 0 unspecified atom stereocenters. The standard InChI is InChI=1S/C4H9FN2O/c1-2(6)3(5)4(7)8/h2-3H,6H2,1H3,(H2,7,8)/t2-,3+/m0/s1. The number of primary amides is 1. The van der Waals surface area contributed by atoms with Crippen molar-refractivity contribution < 1.29 is 9.18 Å². The third kappa shape index (κ3) is 1.88. The highest BCUT2D eigenvalue weighted by Gasteiger charge is 2.17. The van der Waals surface area contributed by atoms with Crippen LogP contribution in [0, 0.1) is 0 Å². The molecule has 0 aliphatic heterocycles. The van der Waals surface area contributed by atoms with E-state index in [1.54, 1.807) is 0 Å². The Kier molecular flexibility index (Phi) is 2.41. The predicted molar refractivity (Wildman–Crippen MR) is 27.7 cm³/mol. The monoisotopic (exact) mass is 120 g/mol. The summed E-state index contributed by atoms with van der Waals surface area (Å²) in [4.78, 5) is 9.91. The zero-order valence-electron chi connectivity index (χ0n) is 4.60. The van der Waals surface area contributed by atoms with E-state index in [1.165, 1.54) is 6.92 Å². The van der Waals surface area contributed by atoms with E-state index in [4.69, 9.17) is 5.73 Å². The van der Waals surface area contributed by atoms with Crippen LogP contribution in [-0.4, -0.2) is 18.1 Å². The molecule has 48 valence electrons. The maximum Gasteiger partial charge on any atom is 0.253 e. The molecule has 0 aromatic rings. The Morgan fingerprint density at radius 3 is 2.12 bits per heavy atom. The van der Waals surface area contributed by atoms with Gasteiger partial charge in [0.25, 0.3) is 5.91 Å². The maximum atomic E-state index is 12.0. The van der Waals surface area contributed by atoms with E-state index in [0.717, 1.165) is 0 Å². The van der Waals surface area contributed by atoms with Crippen molar-refractivity contribution in [3.63, 3.8) is 0 Å². The minimum absolute atomic E-state index is 0.799. The fourth-order valence-electron chi connectivity index (χ4n) is 0.259. The molecule has 0 aromatic carbocycles. The fraction of sp³-hybridized carbons (Fsp3) is 0.750. The van der Waals surface area contributed by atoms with Crippen molar-refractivity contribution in [3.05, 3.63) is 0 Å². The van der Waals surface area contributed by atoms with E-state index in [-0.39, 0.29) is 0 Å². The lowest BCUT2D eigenvalue weighted by Crippen LogP contribution is -2.38. The maximum absolute atomic E-state index is 12.0. The number of rotatable bonds is 2. The molecule has 0 saturated carbocycles. The Bertz CT molecular complexity index is 94.0. The fourth-order valence-corrected chi connectivity index (χ4v) is 0.259. The summed E-state index contributed by atoms with van der Waals surface area (Å²) in [6.07, 6.45) is -1.71. The second kappa shape index (κ2) is 2.61. The van der Waals surface area contributed by atoms with Gasteiger partial charge in [-0.15, -0.1) is 0 Å². The van der Waals surface area contributed by atoms with Crippen LogP contribution in [0.25, 0.3) is 0 Å². The molecule has 0 radical (unpaired) electrons. The van der Waals surface area contributed by atoms with Crippen molar-refractivity contribution in [1.82, 2.24) is 0 Å². The smallest absolute Gasteiger partial charge is 0.253 e. The number of nitrogens with two attached hydrogens (primary N) is 2. The molecule has 0 saturated heterocycles. The normalized spacial score (nSPS) is 17.4. The summed E-state index contributed by atoms with van der Waals surface area (Å²) in [5.41, 5.74) is 9.50. The molecule has 0 fully saturated rings. The molecule has 0 heterocycles. The second-order valence-corrected chi connectivity index (χ2v) is 1.66. The molecular formula is C4H9FN2O. The summed E-state index contributed by atoms with van der Waals surface area (Å²) in [7, 11) is 0. The summed E-state index contributed by atoms with van der Waals surface area (Å²) < 4.78 is 12.0. The number of hydrogen-bond acceptors (Lipinski definition) is 2. The van der Waals surface area contributed by atoms with E-state index in [0.29, 0.717) is 0 Å². The van der Waals surface area contributed by atoms with Gasteiger partial charge in [-0.3, -0.25) is 4.79 Å². The molecule has 3 nitrogen and oxygen atoms in total. The van der Waals surface area contributed by atoms with Crippen LogP contribution in [-0.2, 0) is 4.79 Å². The Hall–Kier alpha value is -0.640. The summed E-state index contributed by atoms with van der Waals surface area (Å²) >= 11 is 0. The molecule has 0 rings (SSSR count). The summed E-state index contributed by atoms with van der Waals surface area (Å²) in [6.45, 7) is 1.38. The van der Waals surface area contributed by atoms with Gasteiger partial charge in [0.1, 0.15) is 0 Å². The molecule has 1 amide bonds. The molecule has 0 spiro atoms. The minimum atomic E-state index is -1.71. The first-order valence-corrected chi connectivity index (χ1v) is 2.24. The molecule has 4 N–H and O–H groups in total. The van der Waals surface area contributed by atoms with Gasteiger partial charge >= 0.3 is 0 Å². The van der Waals surface area contributed by atoms with E-state index < -0.39 is 18.1 Å². The molecule has 0 bridgehead atoms. The van der Waals surface area contributed by atoms with Crippen LogP contribution in [0.15, 0.2) is 0 Å². The lowest BCUT2D eigenvalue weighted by atomic mass is 10.2. The van der Waals surface area contributed by atoms with Gasteiger partial charge in [-0.2, -0.15) is 0 Å². The molecule has 4 heteroatoms. The Morgan fingerprint density at radius 1 is 1.75 bits per heavy atom. The third-order valence-electron chi connectivity index (χ3n) is 0.733. The summed E-state index contributed by atoms with van der Waals surface area (Å²) in [5.74, 6) is -1.000. The van der Waals surface area contributed by atoms with E-state index >= 15 is 0 Å². The molecule has 0 aliphatic carbocycles. The van der Waals surface area contributed by atoms with E-state index in [2.05, 4.69) is 5.73 Å². The van der Waals surface area contributed by atoms with Crippen molar-refractivity contribution in [1.29, 1.82) is 0 Å². The highest BCUT2D eigenvalue weighted by atomic mass is 19.1. The second-order valence-electron chi connectivity index (χ2n) is 1.66. The quantitative estimate of drug-likeness (QED) is 0.498. The third-order valence-corrected chi connectivity index (χ3v) is 0.733. The zero-order valence-corrected chi connectivity index (χ0v) is 4.60. The Labute approximate surface area is 46.8 Å². The van der Waals surface area contributed by atoms with Crippen molar-refractivity contribution in [2.45, 2.75) is 19.1 Å². The first-order chi connectivity index (χ1) is 3.55. The number of alkyl halides is 1. The van der Waals surface area contributed by atoms with E-state index in [1.807, 2.05) is 0 Å². The highest BCUT2D eigenvalue weighted by molar-refractivity contribution is 5.79. The first kappa shape index (κ1) is 7.36. The van der Waals surface area contributed by atoms with Crippen LogP contribution < -0.4 is 11.5 Å². The molecule has 0 aromatic heterocycles. The van der Waals surface area contributed by atoms with Crippen molar-refractivity contribution in [3.8, 4) is 0 Å².